The van der Waals surface area contributed by atoms with E-state index in [9.17, 15) is 8.78 Å². The summed E-state index contributed by atoms with van der Waals surface area (Å²) in [7, 11) is 1.82. The molecule has 0 saturated heterocycles. The Morgan fingerprint density at radius 1 is 1.35 bits per heavy atom. The first kappa shape index (κ1) is 14.9. The lowest BCUT2D eigenvalue weighted by atomic mass is 10.3. The summed E-state index contributed by atoms with van der Waals surface area (Å²) >= 11 is 11.7. The van der Waals surface area contributed by atoms with E-state index in [0.717, 1.165) is 5.69 Å². The van der Waals surface area contributed by atoms with Crippen LogP contribution in [0.4, 0.5) is 14.5 Å². The third-order valence-electron chi connectivity index (χ3n) is 2.60. The largest absolute Gasteiger partial charge is 0.432 e. The molecule has 1 aromatic heterocycles. The van der Waals surface area contributed by atoms with Gasteiger partial charge in [-0.1, -0.05) is 23.2 Å². The van der Waals surface area contributed by atoms with E-state index >= 15 is 0 Å². The summed E-state index contributed by atoms with van der Waals surface area (Å²) in [6, 6.07) is 4.80. The molecule has 0 aliphatic carbocycles. The van der Waals surface area contributed by atoms with Crippen LogP contribution in [-0.2, 0) is 13.6 Å². The van der Waals surface area contributed by atoms with Gasteiger partial charge in [-0.3, -0.25) is 4.68 Å². The second kappa shape index (κ2) is 6.28. The zero-order valence-corrected chi connectivity index (χ0v) is 11.9. The van der Waals surface area contributed by atoms with Gasteiger partial charge in [0.15, 0.2) is 5.75 Å². The van der Waals surface area contributed by atoms with Crippen molar-refractivity contribution in [2.75, 3.05) is 5.32 Å². The fourth-order valence-electron chi connectivity index (χ4n) is 1.63. The molecule has 108 valence electrons. The number of ether oxygens (including phenoxy) is 1. The third-order valence-corrected chi connectivity index (χ3v) is 3.16. The SMILES string of the molecule is Cn1nccc1CNc1cc(Cl)c(OC(F)F)c(Cl)c1. The molecule has 0 bridgehead atoms. The molecule has 0 saturated carbocycles. The van der Waals surface area contributed by atoms with Crippen LogP contribution in [0.15, 0.2) is 24.4 Å². The van der Waals surface area contributed by atoms with Crippen LogP contribution in [0.2, 0.25) is 10.0 Å². The zero-order chi connectivity index (χ0) is 14.7. The molecule has 0 spiro atoms. The van der Waals surface area contributed by atoms with E-state index in [1.807, 2.05) is 13.1 Å². The Labute approximate surface area is 124 Å². The van der Waals surface area contributed by atoms with Crippen molar-refractivity contribution in [1.82, 2.24) is 9.78 Å². The number of benzene rings is 1. The van der Waals surface area contributed by atoms with Crippen molar-refractivity contribution < 1.29 is 13.5 Å². The third kappa shape index (κ3) is 3.52. The Morgan fingerprint density at radius 2 is 2.00 bits per heavy atom. The fraction of sp³-hybridized carbons (Fsp3) is 0.250. The highest BCUT2D eigenvalue weighted by Gasteiger charge is 2.14. The number of nitrogens with one attached hydrogen (secondary N) is 1. The molecule has 0 atom stereocenters. The predicted octanol–water partition coefficient (Wildman–Crippen LogP) is 3.94. The van der Waals surface area contributed by atoms with Crippen molar-refractivity contribution in [1.29, 1.82) is 0 Å². The molecule has 0 fully saturated rings. The number of aryl methyl sites for hydroxylation is 1. The van der Waals surface area contributed by atoms with Crippen LogP contribution in [0.1, 0.15) is 5.69 Å². The van der Waals surface area contributed by atoms with Gasteiger partial charge in [-0.25, -0.2) is 0 Å². The molecule has 2 aromatic rings. The summed E-state index contributed by atoms with van der Waals surface area (Å²) in [6.45, 7) is -2.48. The minimum absolute atomic E-state index is 0.0188. The summed E-state index contributed by atoms with van der Waals surface area (Å²) in [5.74, 6) is -0.227. The first-order valence-corrected chi connectivity index (χ1v) is 6.37. The van der Waals surface area contributed by atoms with Crippen LogP contribution < -0.4 is 10.1 Å². The molecule has 1 aromatic carbocycles. The minimum atomic E-state index is -2.97. The minimum Gasteiger partial charge on any atom is -0.432 e. The highest BCUT2D eigenvalue weighted by molar-refractivity contribution is 6.37. The number of aromatic nitrogens is 2. The molecular weight excluding hydrogens is 311 g/mol. The highest BCUT2D eigenvalue weighted by Crippen LogP contribution is 2.37. The molecule has 8 heteroatoms. The van der Waals surface area contributed by atoms with E-state index in [4.69, 9.17) is 23.2 Å². The molecular formula is C12H11Cl2F2N3O. The van der Waals surface area contributed by atoms with Gasteiger partial charge in [0.25, 0.3) is 0 Å². The van der Waals surface area contributed by atoms with Gasteiger partial charge in [-0.15, -0.1) is 0 Å². The summed E-state index contributed by atoms with van der Waals surface area (Å²) < 4.78 is 30.4. The first-order valence-electron chi connectivity index (χ1n) is 5.62. The second-order valence-electron chi connectivity index (χ2n) is 3.95. The first-order chi connectivity index (χ1) is 9.47. The maximum absolute atomic E-state index is 12.2. The topological polar surface area (TPSA) is 39.1 Å². The summed E-state index contributed by atoms with van der Waals surface area (Å²) in [5, 5.41) is 7.15. The van der Waals surface area contributed by atoms with Crippen molar-refractivity contribution in [2.45, 2.75) is 13.2 Å². The van der Waals surface area contributed by atoms with Gasteiger partial charge in [-0.2, -0.15) is 13.9 Å². The summed E-state index contributed by atoms with van der Waals surface area (Å²) in [4.78, 5) is 0. The van der Waals surface area contributed by atoms with Crippen molar-refractivity contribution >= 4 is 28.9 Å². The van der Waals surface area contributed by atoms with Crippen LogP contribution in [0.3, 0.4) is 0 Å². The number of hydrogen-bond donors (Lipinski definition) is 1. The number of halogens is 4. The van der Waals surface area contributed by atoms with E-state index in [-0.39, 0.29) is 15.8 Å². The molecule has 0 radical (unpaired) electrons. The molecule has 4 nitrogen and oxygen atoms in total. The van der Waals surface area contributed by atoms with Crippen LogP contribution in [0.25, 0.3) is 0 Å². The quantitative estimate of drug-likeness (QED) is 0.906. The van der Waals surface area contributed by atoms with Crippen molar-refractivity contribution in [3.05, 3.63) is 40.1 Å². The van der Waals surface area contributed by atoms with E-state index in [1.165, 1.54) is 12.1 Å². The number of nitrogens with zero attached hydrogens (tertiary/aromatic N) is 2. The van der Waals surface area contributed by atoms with Gasteiger partial charge in [-0.05, 0) is 18.2 Å². The van der Waals surface area contributed by atoms with Crippen LogP contribution in [0.5, 0.6) is 5.75 Å². The lowest BCUT2D eigenvalue weighted by Gasteiger charge is -2.12. The van der Waals surface area contributed by atoms with E-state index in [2.05, 4.69) is 15.2 Å². The van der Waals surface area contributed by atoms with Gasteiger partial charge < -0.3 is 10.1 Å². The van der Waals surface area contributed by atoms with Crippen molar-refractivity contribution in [2.24, 2.45) is 7.05 Å². The Hall–Kier alpha value is -1.53. The Balaban J connectivity index is 2.12. The van der Waals surface area contributed by atoms with E-state index in [0.29, 0.717) is 12.2 Å². The maximum atomic E-state index is 12.2. The number of alkyl halides is 2. The van der Waals surface area contributed by atoms with Crippen LogP contribution >= 0.6 is 23.2 Å². The molecule has 1 heterocycles. The average molecular weight is 322 g/mol. The van der Waals surface area contributed by atoms with E-state index in [1.54, 1.807) is 10.9 Å². The molecule has 0 aliphatic heterocycles. The molecule has 0 unspecified atom stereocenters. The average Bonchev–Trinajstić information content (AvgIpc) is 2.77. The Bertz CT molecular complexity index is 581. The van der Waals surface area contributed by atoms with Gasteiger partial charge in [0, 0.05) is 18.9 Å². The molecule has 0 aliphatic rings. The van der Waals surface area contributed by atoms with E-state index < -0.39 is 6.61 Å². The van der Waals surface area contributed by atoms with Gasteiger partial charge in [0.1, 0.15) is 0 Å². The lowest BCUT2D eigenvalue weighted by Crippen LogP contribution is -2.06. The molecule has 1 N–H and O–H groups in total. The molecule has 20 heavy (non-hydrogen) atoms. The van der Waals surface area contributed by atoms with Crippen molar-refractivity contribution in [3.63, 3.8) is 0 Å². The standard InChI is InChI=1S/C12H11Cl2F2N3O/c1-19-8(2-3-18-19)6-17-7-4-9(13)11(10(14)5-7)20-12(15)16/h2-5,12,17H,6H2,1H3. The summed E-state index contributed by atoms with van der Waals surface area (Å²) in [6.07, 6.45) is 1.68. The van der Waals surface area contributed by atoms with Crippen LogP contribution in [-0.4, -0.2) is 16.4 Å². The maximum Gasteiger partial charge on any atom is 0.387 e. The second-order valence-corrected chi connectivity index (χ2v) is 4.76. The summed E-state index contributed by atoms with van der Waals surface area (Å²) in [5.41, 5.74) is 1.55. The van der Waals surface area contributed by atoms with Gasteiger partial charge >= 0.3 is 6.61 Å². The van der Waals surface area contributed by atoms with Crippen LogP contribution in [0, 0.1) is 0 Å². The smallest absolute Gasteiger partial charge is 0.387 e. The Kier molecular flexibility index (Phi) is 4.67. The highest BCUT2D eigenvalue weighted by atomic mass is 35.5. The number of rotatable bonds is 5. The Morgan fingerprint density at radius 3 is 2.50 bits per heavy atom. The molecule has 2 rings (SSSR count). The van der Waals surface area contributed by atoms with Gasteiger partial charge in [0.2, 0.25) is 0 Å². The number of anilines is 1. The number of hydrogen-bond acceptors (Lipinski definition) is 3. The van der Waals surface area contributed by atoms with Crippen molar-refractivity contribution in [3.8, 4) is 5.75 Å². The monoisotopic (exact) mass is 321 g/mol. The predicted molar refractivity (Wildman–Crippen MR) is 73.6 cm³/mol. The zero-order valence-electron chi connectivity index (χ0n) is 10.4. The molecule has 0 amide bonds. The fourth-order valence-corrected chi connectivity index (χ4v) is 2.21. The normalized spacial score (nSPS) is 10.9. The van der Waals surface area contributed by atoms with Gasteiger partial charge in [0.05, 0.1) is 22.3 Å². The lowest BCUT2D eigenvalue weighted by molar-refractivity contribution is -0.0497.